The lowest BCUT2D eigenvalue weighted by molar-refractivity contribution is -0.129. The Hall–Kier alpha value is -2.82. The third-order valence-electron chi connectivity index (χ3n) is 8.37. The van der Waals surface area contributed by atoms with Gasteiger partial charge in [0.25, 0.3) is 0 Å². The molecule has 3 amide bonds. The van der Waals surface area contributed by atoms with Gasteiger partial charge >= 0.3 is 0 Å². The molecular formula is C31H46N6O3S. The molecule has 4 rings (SSSR count). The SMILES string of the molecule is C=C(CN1CCN(C)CC1)C(=O)NC[C@@H](NC(=O)[C@H](Cc1nc2ccc(CC)cc2s1)NC(=O)CC)C1CCCC1. The first-order chi connectivity index (χ1) is 19.7. The van der Waals surface area contributed by atoms with E-state index in [0.29, 0.717) is 31.5 Å². The van der Waals surface area contributed by atoms with Gasteiger partial charge in [-0.15, -0.1) is 11.3 Å². The predicted octanol–water partition coefficient (Wildman–Crippen LogP) is 2.89. The van der Waals surface area contributed by atoms with Gasteiger partial charge in [0.15, 0.2) is 0 Å². The Morgan fingerprint density at radius 2 is 1.83 bits per heavy atom. The van der Waals surface area contributed by atoms with Crippen LogP contribution in [-0.2, 0) is 27.2 Å². The lowest BCUT2D eigenvalue weighted by Gasteiger charge is -2.32. The fraction of sp³-hybridized carbons (Fsp3) is 0.613. The molecule has 1 aromatic carbocycles. The standard InChI is InChI=1S/C31H46N6O3S/c1-5-22-11-12-24-27(17-22)41-29(34-24)18-25(33-28(38)6-2)31(40)35-26(23-9-7-8-10-23)19-32-30(39)21(3)20-37-15-13-36(4)14-16-37/h11-12,17,23,25-26H,3,5-10,13-16,18-20H2,1-2,4H3,(H,32,39)(H,33,38)(H,35,40)/t25-,26+/m0/s1. The molecule has 1 saturated heterocycles. The molecule has 41 heavy (non-hydrogen) atoms. The Morgan fingerprint density at radius 3 is 2.51 bits per heavy atom. The van der Waals surface area contributed by atoms with Gasteiger partial charge in [-0.25, -0.2) is 4.98 Å². The molecule has 0 bridgehead atoms. The average Bonchev–Trinajstić information content (AvgIpc) is 3.65. The van der Waals surface area contributed by atoms with Crippen LogP contribution in [0, 0.1) is 5.92 Å². The van der Waals surface area contributed by atoms with Crippen LogP contribution in [0.25, 0.3) is 10.2 Å². The Labute approximate surface area is 248 Å². The second-order valence-electron chi connectivity index (χ2n) is 11.5. The first kappa shape index (κ1) is 31.1. The highest BCUT2D eigenvalue weighted by atomic mass is 32.1. The molecular weight excluding hydrogens is 536 g/mol. The van der Waals surface area contributed by atoms with E-state index in [1.54, 1.807) is 18.3 Å². The summed E-state index contributed by atoms with van der Waals surface area (Å²) in [5.74, 6) is -0.298. The Bertz CT molecular complexity index is 1220. The summed E-state index contributed by atoms with van der Waals surface area (Å²) in [5.41, 5.74) is 2.70. The molecule has 1 aromatic heterocycles. The molecule has 1 aliphatic carbocycles. The fourth-order valence-electron chi connectivity index (χ4n) is 5.66. The predicted molar refractivity (Wildman–Crippen MR) is 165 cm³/mol. The maximum absolute atomic E-state index is 13.7. The number of nitrogens with one attached hydrogen (secondary N) is 3. The van der Waals surface area contributed by atoms with Crippen LogP contribution in [0.15, 0.2) is 30.4 Å². The number of carbonyl (C=O) groups excluding carboxylic acids is 3. The number of carbonyl (C=O) groups is 3. The summed E-state index contributed by atoms with van der Waals surface area (Å²) in [5, 5.41) is 9.98. The molecule has 10 heteroatoms. The quantitative estimate of drug-likeness (QED) is 0.314. The van der Waals surface area contributed by atoms with Crippen LogP contribution in [0.5, 0.6) is 0 Å². The van der Waals surface area contributed by atoms with Crippen molar-refractivity contribution in [2.45, 2.75) is 70.9 Å². The van der Waals surface area contributed by atoms with Crippen molar-refractivity contribution in [2.75, 3.05) is 46.3 Å². The molecule has 1 saturated carbocycles. The molecule has 2 aliphatic rings. The number of hydrogen-bond acceptors (Lipinski definition) is 7. The van der Waals surface area contributed by atoms with Crippen molar-refractivity contribution >= 4 is 39.3 Å². The summed E-state index contributed by atoms with van der Waals surface area (Å²) in [7, 11) is 2.11. The molecule has 0 spiro atoms. The number of thiazole rings is 1. The van der Waals surface area contributed by atoms with Crippen LogP contribution >= 0.6 is 11.3 Å². The van der Waals surface area contributed by atoms with Gasteiger partial charge in [-0.1, -0.05) is 39.3 Å². The molecule has 2 fully saturated rings. The summed E-state index contributed by atoms with van der Waals surface area (Å²) in [4.78, 5) is 48.3. The Morgan fingerprint density at radius 1 is 1.10 bits per heavy atom. The highest BCUT2D eigenvalue weighted by Crippen LogP contribution is 2.28. The zero-order chi connectivity index (χ0) is 29.4. The summed E-state index contributed by atoms with van der Waals surface area (Å²) in [6, 6.07) is 5.29. The topological polar surface area (TPSA) is 107 Å². The molecule has 2 aromatic rings. The number of rotatable bonds is 13. The van der Waals surface area contributed by atoms with Gasteiger partial charge in [-0.05, 0) is 49.9 Å². The van der Waals surface area contributed by atoms with Crippen LogP contribution in [0.3, 0.4) is 0 Å². The van der Waals surface area contributed by atoms with Gasteiger partial charge in [-0.3, -0.25) is 19.3 Å². The van der Waals surface area contributed by atoms with E-state index in [1.807, 2.05) is 6.07 Å². The van der Waals surface area contributed by atoms with Crippen LogP contribution in [0.1, 0.15) is 56.5 Å². The average molecular weight is 583 g/mol. The maximum Gasteiger partial charge on any atom is 0.247 e. The summed E-state index contributed by atoms with van der Waals surface area (Å²) < 4.78 is 1.09. The molecule has 3 N–H and O–H groups in total. The number of benzene rings is 1. The van der Waals surface area contributed by atoms with Crippen molar-refractivity contribution < 1.29 is 14.4 Å². The number of nitrogens with zero attached hydrogens (tertiary/aromatic N) is 3. The van der Waals surface area contributed by atoms with Crippen molar-refractivity contribution in [3.05, 3.63) is 40.9 Å². The third kappa shape index (κ3) is 8.83. The number of amides is 3. The highest BCUT2D eigenvalue weighted by molar-refractivity contribution is 7.18. The smallest absolute Gasteiger partial charge is 0.247 e. The third-order valence-corrected chi connectivity index (χ3v) is 9.41. The monoisotopic (exact) mass is 582 g/mol. The van der Waals surface area contributed by atoms with E-state index in [4.69, 9.17) is 4.98 Å². The van der Waals surface area contributed by atoms with Crippen molar-refractivity contribution in [2.24, 2.45) is 5.92 Å². The Kier molecular flexibility index (Phi) is 11.3. The second kappa shape index (κ2) is 14.9. The summed E-state index contributed by atoms with van der Waals surface area (Å²) in [6.45, 7) is 12.6. The van der Waals surface area contributed by atoms with E-state index in [1.165, 1.54) is 5.56 Å². The van der Waals surface area contributed by atoms with Crippen LogP contribution in [-0.4, -0.2) is 90.9 Å². The van der Waals surface area contributed by atoms with Crippen molar-refractivity contribution in [1.82, 2.24) is 30.7 Å². The number of likely N-dealkylation sites (N-methyl/N-ethyl adjacent to an activating group) is 1. The minimum atomic E-state index is -0.736. The number of aryl methyl sites for hydroxylation is 1. The fourth-order valence-corrected chi connectivity index (χ4v) is 6.73. The number of piperazine rings is 1. The van der Waals surface area contributed by atoms with E-state index in [-0.39, 0.29) is 29.7 Å². The van der Waals surface area contributed by atoms with Crippen molar-refractivity contribution in [3.63, 3.8) is 0 Å². The van der Waals surface area contributed by atoms with Crippen LogP contribution in [0.4, 0.5) is 0 Å². The van der Waals surface area contributed by atoms with Gasteiger partial charge < -0.3 is 20.9 Å². The summed E-state index contributed by atoms with van der Waals surface area (Å²) >= 11 is 1.57. The lowest BCUT2D eigenvalue weighted by atomic mass is 9.97. The first-order valence-corrected chi connectivity index (χ1v) is 15.9. The van der Waals surface area contributed by atoms with E-state index in [0.717, 1.165) is 73.5 Å². The molecule has 0 unspecified atom stereocenters. The highest BCUT2D eigenvalue weighted by Gasteiger charge is 2.31. The van der Waals surface area contributed by atoms with Crippen molar-refractivity contribution in [3.8, 4) is 0 Å². The van der Waals surface area contributed by atoms with Gasteiger partial charge in [-0.2, -0.15) is 0 Å². The minimum Gasteiger partial charge on any atom is -0.350 e. The first-order valence-electron chi connectivity index (χ1n) is 15.1. The van der Waals surface area contributed by atoms with Crippen molar-refractivity contribution in [1.29, 1.82) is 0 Å². The summed E-state index contributed by atoms with van der Waals surface area (Å²) in [6.07, 6.45) is 5.80. The number of aromatic nitrogens is 1. The van der Waals surface area contributed by atoms with Crippen LogP contribution < -0.4 is 16.0 Å². The van der Waals surface area contributed by atoms with E-state index >= 15 is 0 Å². The Balaban J connectivity index is 1.40. The molecule has 0 radical (unpaired) electrons. The second-order valence-corrected chi connectivity index (χ2v) is 12.6. The van der Waals surface area contributed by atoms with E-state index < -0.39 is 6.04 Å². The lowest BCUT2D eigenvalue weighted by Crippen LogP contribution is -2.55. The molecule has 2 heterocycles. The van der Waals surface area contributed by atoms with Gasteiger partial charge in [0.05, 0.1) is 15.2 Å². The van der Waals surface area contributed by atoms with Gasteiger partial charge in [0.2, 0.25) is 17.7 Å². The minimum absolute atomic E-state index is 0.169. The largest absolute Gasteiger partial charge is 0.350 e. The van der Waals surface area contributed by atoms with E-state index in [9.17, 15) is 14.4 Å². The molecule has 1 aliphatic heterocycles. The van der Waals surface area contributed by atoms with E-state index in [2.05, 4.69) is 58.4 Å². The molecule has 9 nitrogen and oxygen atoms in total. The molecule has 2 atom stereocenters. The van der Waals surface area contributed by atoms with Gasteiger partial charge in [0, 0.05) is 63.7 Å². The maximum atomic E-state index is 13.7. The number of hydrogen-bond donors (Lipinski definition) is 3. The van der Waals surface area contributed by atoms with Gasteiger partial charge in [0.1, 0.15) is 6.04 Å². The normalized spacial score (nSPS) is 18.2. The number of fused-ring (bicyclic) bond motifs is 1. The zero-order valence-electron chi connectivity index (χ0n) is 24.8. The zero-order valence-corrected chi connectivity index (χ0v) is 25.7. The molecule has 224 valence electrons. The van der Waals surface area contributed by atoms with Crippen LogP contribution in [0.2, 0.25) is 0 Å².